The summed E-state index contributed by atoms with van der Waals surface area (Å²) in [4.78, 5) is 2.44. The lowest BCUT2D eigenvalue weighted by molar-refractivity contribution is 0.672. The molecule has 0 fully saturated rings. The molecule has 0 unspecified atom stereocenters. The Labute approximate surface area is 337 Å². The van der Waals surface area contributed by atoms with Crippen LogP contribution in [0, 0.1) is 0 Å². The normalized spacial score (nSPS) is 11.4. The topological polar surface area (TPSA) is 16.4 Å². The van der Waals surface area contributed by atoms with Crippen LogP contribution in [0.15, 0.2) is 229 Å². The highest BCUT2D eigenvalue weighted by Gasteiger charge is 2.24. The monoisotopic (exact) mass is 739 g/mol. The smallest absolute Gasteiger partial charge is 0.143 e. The van der Waals surface area contributed by atoms with Crippen molar-refractivity contribution in [2.45, 2.75) is 0 Å². The summed E-state index contributed by atoms with van der Waals surface area (Å²) < 4.78 is 6.78. The zero-order valence-corrected chi connectivity index (χ0v) is 31.7. The van der Waals surface area contributed by atoms with Crippen molar-refractivity contribution in [3.05, 3.63) is 224 Å². The first kappa shape index (κ1) is 33.6. The van der Waals surface area contributed by atoms with Gasteiger partial charge in [0.2, 0.25) is 0 Å². The molecule has 0 saturated carbocycles. The zero-order chi connectivity index (χ0) is 38.4. The van der Waals surface area contributed by atoms with E-state index in [1.807, 2.05) is 0 Å². The maximum Gasteiger partial charge on any atom is 0.143 e. The second-order valence-corrected chi connectivity index (χ2v) is 14.9. The van der Waals surface area contributed by atoms with E-state index >= 15 is 0 Å². The standard InChI is InChI=1S/C56H37NO/c1-3-13-38(14-4-1)39-25-27-40(28-26-39)41-29-33-46(34-30-41)57(52-23-12-24-54-55(52)51-36-31-44-18-8-10-21-50(44)56(51)58-54)53-37-45(32-35-49(53)43-15-5-2-6-16-43)48-22-11-19-42-17-7-9-20-47(42)48/h1-37H. The molecule has 0 aliphatic heterocycles. The molecule has 272 valence electrons. The second kappa shape index (κ2) is 14.1. The first-order valence-electron chi connectivity index (χ1n) is 19.8. The Kier molecular flexibility index (Phi) is 8.19. The van der Waals surface area contributed by atoms with E-state index in [-0.39, 0.29) is 0 Å². The lowest BCUT2D eigenvalue weighted by Crippen LogP contribution is -2.12. The van der Waals surface area contributed by atoms with E-state index in [2.05, 4.69) is 229 Å². The van der Waals surface area contributed by atoms with E-state index < -0.39 is 0 Å². The maximum atomic E-state index is 6.78. The van der Waals surface area contributed by atoms with Gasteiger partial charge >= 0.3 is 0 Å². The molecule has 0 amide bonds. The summed E-state index contributed by atoms with van der Waals surface area (Å²) in [6.45, 7) is 0. The minimum atomic E-state index is 0.857. The molecule has 1 aromatic heterocycles. The van der Waals surface area contributed by atoms with Crippen LogP contribution in [0.2, 0.25) is 0 Å². The van der Waals surface area contributed by atoms with Crippen LogP contribution in [0.25, 0.3) is 88.0 Å². The maximum absolute atomic E-state index is 6.78. The van der Waals surface area contributed by atoms with Gasteiger partial charge in [0.25, 0.3) is 0 Å². The Balaban J connectivity index is 1.15. The van der Waals surface area contributed by atoms with Gasteiger partial charge in [-0.25, -0.2) is 0 Å². The highest BCUT2D eigenvalue weighted by molar-refractivity contribution is 6.20. The zero-order valence-electron chi connectivity index (χ0n) is 31.7. The number of hydrogen-bond donors (Lipinski definition) is 0. The Morgan fingerprint density at radius 2 is 0.862 bits per heavy atom. The summed E-state index contributed by atoms with van der Waals surface area (Å²) in [6.07, 6.45) is 0. The van der Waals surface area contributed by atoms with Gasteiger partial charge < -0.3 is 9.32 Å². The predicted octanol–water partition coefficient (Wildman–Crippen LogP) is 16.0. The number of anilines is 3. The molecule has 0 bridgehead atoms. The molecule has 11 rings (SSSR count). The highest BCUT2D eigenvalue weighted by Crippen LogP contribution is 2.48. The average Bonchev–Trinajstić information content (AvgIpc) is 3.70. The van der Waals surface area contributed by atoms with Crippen molar-refractivity contribution in [3.8, 4) is 44.5 Å². The lowest BCUT2D eigenvalue weighted by atomic mass is 9.93. The van der Waals surface area contributed by atoms with Crippen LogP contribution in [0.1, 0.15) is 0 Å². The summed E-state index contributed by atoms with van der Waals surface area (Å²) in [6, 6.07) is 80.7. The summed E-state index contributed by atoms with van der Waals surface area (Å²) in [5.74, 6) is 0. The minimum Gasteiger partial charge on any atom is -0.455 e. The quantitative estimate of drug-likeness (QED) is 0.162. The third-order valence-electron chi connectivity index (χ3n) is 11.5. The number of fused-ring (bicyclic) bond motifs is 6. The molecule has 0 spiro atoms. The Bertz CT molecular complexity index is 3250. The van der Waals surface area contributed by atoms with Gasteiger partial charge in [-0.1, -0.05) is 188 Å². The number of hydrogen-bond acceptors (Lipinski definition) is 2. The lowest BCUT2D eigenvalue weighted by Gasteiger charge is -2.29. The van der Waals surface area contributed by atoms with E-state index in [4.69, 9.17) is 4.42 Å². The molecule has 0 aliphatic rings. The number of benzene rings is 10. The minimum absolute atomic E-state index is 0.857. The van der Waals surface area contributed by atoms with Crippen LogP contribution in [-0.4, -0.2) is 0 Å². The fourth-order valence-corrected chi connectivity index (χ4v) is 8.64. The van der Waals surface area contributed by atoms with Gasteiger partial charge in [-0.05, 0) is 91.5 Å². The first-order chi connectivity index (χ1) is 28.8. The van der Waals surface area contributed by atoms with E-state index in [9.17, 15) is 0 Å². The average molecular weight is 740 g/mol. The van der Waals surface area contributed by atoms with Crippen LogP contribution < -0.4 is 4.90 Å². The molecule has 0 N–H and O–H groups in total. The molecule has 11 aromatic rings. The number of nitrogens with zero attached hydrogens (tertiary/aromatic N) is 1. The molecule has 1 heterocycles. The molecule has 58 heavy (non-hydrogen) atoms. The van der Waals surface area contributed by atoms with E-state index in [0.29, 0.717) is 0 Å². The van der Waals surface area contributed by atoms with Gasteiger partial charge in [-0.2, -0.15) is 0 Å². The largest absolute Gasteiger partial charge is 0.455 e. The first-order valence-corrected chi connectivity index (χ1v) is 19.8. The van der Waals surface area contributed by atoms with Gasteiger partial charge in [-0.15, -0.1) is 0 Å². The molecular weight excluding hydrogens is 703 g/mol. The third-order valence-corrected chi connectivity index (χ3v) is 11.5. The second-order valence-electron chi connectivity index (χ2n) is 14.9. The fourth-order valence-electron chi connectivity index (χ4n) is 8.64. The van der Waals surface area contributed by atoms with Crippen molar-refractivity contribution in [1.29, 1.82) is 0 Å². The van der Waals surface area contributed by atoms with Crippen LogP contribution in [0.4, 0.5) is 17.1 Å². The van der Waals surface area contributed by atoms with Crippen molar-refractivity contribution in [2.75, 3.05) is 4.90 Å². The Morgan fingerprint density at radius 1 is 0.310 bits per heavy atom. The molecule has 2 heteroatoms. The third kappa shape index (κ3) is 5.82. The molecule has 0 aliphatic carbocycles. The summed E-state index contributed by atoms with van der Waals surface area (Å²) in [5, 5.41) is 6.90. The van der Waals surface area contributed by atoms with Crippen molar-refractivity contribution in [2.24, 2.45) is 0 Å². The van der Waals surface area contributed by atoms with Crippen molar-refractivity contribution in [1.82, 2.24) is 0 Å². The Morgan fingerprint density at radius 3 is 1.59 bits per heavy atom. The fraction of sp³-hybridized carbons (Fsp3) is 0. The van der Waals surface area contributed by atoms with Crippen molar-refractivity contribution in [3.63, 3.8) is 0 Å². The van der Waals surface area contributed by atoms with Crippen LogP contribution in [-0.2, 0) is 0 Å². The predicted molar refractivity (Wildman–Crippen MR) is 245 cm³/mol. The molecule has 2 nitrogen and oxygen atoms in total. The van der Waals surface area contributed by atoms with Crippen molar-refractivity contribution < 1.29 is 4.42 Å². The summed E-state index contributed by atoms with van der Waals surface area (Å²) >= 11 is 0. The van der Waals surface area contributed by atoms with E-state index in [1.54, 1.807) is 0 Å². The van der Waals surface area contributed by atoms with E-state index in [0.717, 1.165) is 72.0 Å². The van der Waals surface area contributed by atoms with Gasteiger partial charge in [0.15, 0.2) is 0 Å². The summed E-state index contributed by atoms with van der Waals surface area (Å²) in [7, 11) is 0. The molecule has 10 aromatic carbocycles. The molecule has 0 saturated heterocycles. The molecule has 0 radical (unpaired) electrons. The van der Waals surface area contributed by atoms with Gasteiger partial charge in [0.05, 0.1) is 16.8 Å². The highest BCUT2D eigenvalue weighted by atomic mass is 16.3. The Hall–Kier alpha value is -7.68. The van der Waals surface area contributed by atoms with Crippen LogP contribution >= 0.6 is 0 Å². The number of rotatable bonds is 7. The molecular formula is C56H37NO. The molecule has 0 atom stereocenters. The number of furan rings is 1. The van der Waals surface area contributed by atoms with Crippen molar-refractivity contribution >= 4 is 60.5 Å². The van der Waals surface area contributed by atoms with E-state index in [1.165, 1.54) is 33.0 Å². The SMILES string of the molecule is c1ccc(-c2ccc(-c3ccc(N(c4cc(-c5cccc6ccccc56)ccc4-c4ccccc4)c4cccc5oc6c7ccccc7ccc6c45)cc3)cc2)cc1. The van der Waals surface area contributed by atoms with Crippen LogP contribution in [0.3, 0.4) is 0 Å². The van der Waals surface area contributed by atoms with Gasteiger partial charge in [0, 0.05) is 22.0 Å². The van der Waals surface area contributed by atoms with Gasteiger partial charge in [0.1, 0.15) is 11.2 Å². The van der Waals surface area contributed by atoms with Crippen LogP contribution in [0.5, 0.6) is 0 Å². The summed E-state index contributed by atoms with van der Waals surface area (Å²) in [5.41, 5.74) is 14.4. The van der Waals surface area contributed by atoms with Gasteiger partial charge in [-0.3, -0.25) is 0 Å².